The number of imidazole rings is 1. The third-order valence-corrected chi connectivity index (χ3v) is 4.62. The number of hydrogen-bond acceptors (Lipinski definition) is 8. The summed E-state index contributed by atoms with van der Waals surface area (Å²) in [5, 5.41) is 14.7. The Morgan fingerprint density at radius 2 is 2.04 bits per heavy atom. The van der Waals surface area contributed by atoms with Crippen LogP contribution in [0.3, 0.4) is 0 Å². The van der Waals surface area contributed by atoms with Crippen LogP contribution in [0.2, 0.25) is 0 Å². The van der Waals surface area contributed by atoms with Gasteiger partial charge in [-0.15, -0.1) is 5.10 Å². The Morgan fingerprint density at radius 3 is 2.78 bits per heavy atom. The Labute approximate surface area is 137 Å². The number of aliphatic hydroxyl groups is 1. The van der Waals surface area contributed by atoms with Crippen LogP contribution in [0.5, 0.6) is 0 Å². The van der Waals surface area contributed by atoms with Gasteiger partial charge in [-0.2, -0.15) is 0 Å². The first kappa shape index (κ1) is 15.3. The molecular weight excluding hydrogens is 320 g/mol. The molecule has 0 radical (unpaired) electrons. The van der Waals surface area contributed by atoms with Crippen molar-refractivity contribution in [2.24, 2.45) is 0 Å². The summed E-state index contributed by atoms with van der Waals surface area (Å²) in [6.45, 7) is 3.59. The maximum atomic E-state index is 9.58. The summed E-state index contributed by atoms with van der Waals surface area (Å²) in [6.07, 6.45) is 3.84. The Kier molecular flexibility index (Phi) is 3.58. The number of fused-ring (bicyclic) bond motifs is 2. The van der Waals surface area contributed by atoms with Crippen molar-refractivity contribution >= 4 is 17.4 Å². The number of hydrogen-bond donors (Lipinski definition) is 1. The summed E-state index contributed by atoms with van der Waals surface area (Å²) < 4.78 is 19.6. The number of rotatable bonds is 3. The topological polar surface area (TPSA) is 91.0 Å². The third-order valence-electron chi connectivity index (χ3n) is 4.07. The molecule has 0 amide bonds. The molecule has 2 aliphatic rings. The number of ether oxygens (including phenoxy) is 3. The summed E-state index contributed by atoms with van der Waals surface area (Å²) in [5.74, 6) is -0.704. The molecule has 9 heteroatoms. The van der Waals surface area contributed by atoms with E-state index in [0.29, 0.717) is 10.8 Å². The van der Waals surface area contributed by atoms with Crippen LogP contribution < -0.4 is 0 Å². The quantitative estimate of drug-likeness (QED) is 0.822. The predicted octanol–water partition coefficient (Wildman–Crippen LogP) is 0.798. The largest absolute Gasteiger partial charge is 0.394 e. The van der Waals surface area contributed by atoms with Crippen molar-refractivity contribution in [3.63, 3.8) is 0 Å². The van der Waals surface area contributed by atoms with Gasteiger partial charge in [0.15, 0.2) is 11.4 Å². The van der Waals surface area contributed by atoms with Gasteiger partial charge in [-0.25, -0.2) is 14.5 Å². The molecule has 0 aliphatic carbocycles. The van der Waals surface area contributed by atoms with Gasteiger partial charge in [-0.1, -0.05) is 11.8 Å². The minimum Gasteiger partial charge on any atom is -0.394 e. The van der Waals surface area contributed by atoms with Crippen LogP contribution in [0, 0.1) is 0 Å². The molecule has 0 aromatic carbocycles. The highest BCUT2D eigenvalue weighted by Gasteiger charge is 2.56. The molecule has 2 saturated heterocycles. The zero-order chi connectivity index (χ0) is 16.2. The molecule has 4 atom stereocenters. The van der Waals surface area contributed by atoms with Crippen LogP contribution in [0.1, 0.15) is 25.6 Å². The molecule has 2 aromatic heterocycles. The Bertz CT molecular complexity index is 737. The molecule has 4 rings (SSSR count). The second-order valence-corrected chi connectivity index (χ2v) is 6.81. The SMILES string of the molecule is CSc1ncc2ncc(C3O[C@H](CO)[C@H]4OC(C)(C)O[C@@H]34)n2n1. The number of thioether (sulfide) groups is 1. The van der Waals surface area contributed by atoms with Crippen LogP contribution >= 0.6 is 11.8 Å². The molecule has 1 unspecified atom stereocenters. The molecular formula is C14H18N4O4S. The van der Waals surface area contributed by atoms with Crippen molar-refractivity contribution in [1.29, 1.82) is 0 Å². The molecule has 8 nitrogen and oxygen atoms in total. The summed E-state index contributed by atoms with van der Waals surface area (Å²) >= 11 is 1.45. The predicted molar refractivity (Wildman–Crippen MR) is 81.1 cm³/mol. The number of aromatic nitrogens is 4. The average molecular weight is 338 g/mol. The standard InChI is InChI=1S/C14H18N4O4S/c1-14(2)21-11-8(6-19)20-10(12(11)22-14)7-4-15-9-5-16-13(23-3)17-18(7)9/h4-5,8,10-12,19H,6H2,1-3H3/t8-,10?,11-,12+/m1/s1. The Balaban J connectivity index is 1.75. The van der Waals surface area contributed by atoms with E-state index in [-0.39, 0.29) is 18.8 Å². The minimum absolute atomic E-state index is 0.126. The zero-order valence-electron chi connectivity index (χ0n) is 13.0. The highest BCUT2D eigenvalue weighted by Crippen LogP contribution is 2.44. The molecule has 2 aliphatic heterocycles. The normalized spacial score (nSPS) is 32.5. The molecule has 2 fully saturated rings. The van der Waals surface area contributed by atoms with E-state index in [1.165, 1.54) is 11.8 Å². The molecule has 124 valence electrons. The van der Waals surface area contributed by atoms with Gasteiger partial charge in [0.25, 0.3) is 0 Å². The molecule has 1 N–H and O–H groups in total. The van der Waals surface area contributed by atoms with Gasteiger partial charge in [0, 0.05) is 0 Å². The lowest BCUT2D eigenvalue weighted by Gasteiger charge is -2.23. The minimum atomic E-state index is -0.704. The fraction of sp³-hybridized carbons (Fsp3) is 0.643. The molecule has 0 bridgehead atoms. The first-order valence-corrected chi connectivity index (χ1v) is 8.61. The number of aliphatic hydroxyl groups excluding tert-OH is 1. The fourth-order valence-corrected chi connectivity index (χ4v) is 3.47. The van der Waals surface area contributed by atoms with Crippen molar-refractivity contribution < 1.29 is 19.3 Å². The summed E-state index contributed by atoms with van der Waals surface area (Å²) in [7, 11) is 0. The Morgan fingerprint density at radius 1 is 1.26 bits per heavy atom. The van der Waals surface area contributed by atoms with Gasteiger partial charge < -0.3 is 19.3 Å². The van der Waals surface area contributed by atoms with Crippen molar-refractivity contribution in [2.45, 2.75) is 49.2 Å². The Hall–Kier alpha value is -1.26. The van der Waals surface area contributed by atoms with E-state index in [9.17, 15) is 5.11 Å². The first-order chi connectivity index (χ1) is 11.0. The highest BCUT2D eigenvalue weighted by atomic mass is 32.2. The summed E-state index contributed by atoms with van der Waals surface area (Å²) in [6, 6.07) is 0. The van der Waals surface area contributed by atoms with E-state index in [1.54, 1.807) is 16.9 Å². The maximum absolute atomic E-state index is 9.58. The van der Waals surface area contributed by atoms with Gasteiger partial charge in [0.05, 0.1) is 24.7 Å². The second kappa shape index (κ2) is 5.38. The third kappa shape index (κ3) is 2.43. The van der Waals surface area contributed by atoms with E-state index in [4.69, 9.17) is 14.2 Å². The van der Waals surface area contributed by atoms with E-state index in [2.05, 4.69) is 15.1 Å². The van der Waals surface area contributed by atoms with E-state index < -0.39 is 18.0 Å². The fourth-order valence-electron chi connectivity index (χ4n) is 3.15. The molecule has 4 heterocycles. The monoisotopic (exact) mass is 338 g/mol. The van der Waals surface area contributed by atoms with Crippen LogP contribution in [0.25, 0.3) is 5.65 Å². The summed E-state index contributed by atoms with van der Waals surface area (Å²) in [5.41, 5.74) is 1.41. The van der Waals surface area contributed by atoms with Crippen LogP contribution in [0.4, 0.5) is 0 Å². The smallest absolute Gasteiger partial charge is 0.207 e. The number of nitrogens with zero attached hydrogens (tertiary/aromatic N) is 4. The lowest BCUT2D eigenvalue weighted by molar-refractivity contribution is -0.191. The van der Waals surface area contributed by atoms with Crippen LogP contribution in [0.15, 0.2) is 17.6 Å². The summed E-state index contributed by atoms with van der Waals surface area (Å²) in [4.78, 5) is 8.55. The molecule has 0 spiro atoms. The van der Waals surface area contributed by atoms with Gasteiger partial charge in [0.1, 0.15) is 24.4 Å². The molecule has 2 aromatic rings. The van der Waals surface area contributed by atoms with E-state index in [0.717, 1.165) is 5.69 Å². The van der Waals surface area contributed by atoms with Crippen LogP contribution in [-0.2, 0) is 14.2 Å². The van der Waals surface area contributed by atoms with Crippen molar-refractivity contribution in [1.82, 2.24) is 19.6 Å². The molecule has 0 saturated carbocycles. The first-order valence-electron chi connectivity index (χ1n) is 7.39. The van der Waals surface area contributed by atoms with E-state index >= 15 is 0 Å². The van der Waals surface area contributed by atoms with Gasteiger partial charge in [-0.3, -0.25) is 0 Å². The highest BCUT2D eigenvalue weighted by molar-refractivity contribution is 7.98. The van der Waals surface area contributed by atoms with E-state index in [1.807, 2.05) is 20.1 Å². The lowest BCUT2D eigenvalue weighted by atomic mass is 10.1. The van der Waals surface area contributed by atoms with Crippen LogP contribution in [-0.4, -0.2) is 61.7 Å². The van der Waals surface area contributed by atoms with Crippen molar-refractivity contribution in [2.75, 3.05) is 12.9 Å². The van der Waals surface area contributed by atoms with Crippen molar-refractivity contribution in [3.05, 3.63) is 18.1 Å². The van der Waals surface area contributed by atoms with Crippen molar-refractivity contribution in [3.8, 4) is 0 Å². The zero-order valence-corrected chi connectivity index (χ0v) is 13.9. The average Bonchev–Trinajstić information content (AvgIpc) is 3.16. The van der Waals surface area contributed by atoms with Gasteiger partial charge in [-0.05, 0) is 20.1 Å². The maximum Gasteiger partial charge on any atom is 0.207 e. The van der Waals surface area contributed by atoms with Gasteiger partial charge in [0.2, 0.25) is 5.16 Å². The lowest BCUT2D eigenvalue weighted by Crippen LogP contribution is -2.31. The molecule has 23 heavy (non-hydrogen) atoms. The van der Waals surface area contributed by atoms with Gasteiger partial charge >= 0.3 is 0 Å². The second-order valence-electron chi connectivity index (χ2n) is 6.04.